The van der Waals surface area contributed by atoms with Crippen LogP contribution in [-0.4, -0.2) is 31.7 Å². The maximum absolute atomic E-state index is 11.9. The van der Waals surface area contributed by atoms with Gasteiger partial charge in [0.15, 0.2) is 0 Å². The topological polar surface area (TPSA) is 69.4 Å². The van der Waals surface area contributed by atoms with E-state index in [1.165, 1.54) is 7.11 Å². The Labute approximate surface area is 104 Å². The van der Waals surface area contributed by atoms with Crippen molar-refractivity contribution < 1.29 is 18.3 Å². The molecular weight excluding hydrogens is 244 g/mol. The lowest BCUT2D eigenvalue weighted by Crippen LogP contribution is -2.30. The molecule has 0 aliphatic heterocycles. The van der Waals surface area contributed by atoms with Crippen molar-refractivity contribution in [2.45, 2.75) is 18.9 Å². The highest BCUT2D eigenvalue weighted by Gasteiger charge is 2.16. The molecule has 5 nitrogen and oxygen atoms in total. The average molecular weight is 261 g/mol. The number of aromatic nitrogens is 1. The highest BCUT2D eigenvalue weighted by atomic mass is 19.3. The Morgan fingerprint density at radius 1 is 1.50 bits per heavy atom. The van der Waals surface area contributed by atoms with Crippen LogP contribution in [-0.2, 0) is 4.74 Å². The summed E-state index contributed by atoms with van der Waals surface area (Å²) in [6.45, 7) is -0.407. The molecule has 1 atom stereocenters. The summed E-state index contributed by atoms with van der Waals surface area (Å²) >= 11 is 0. The molecule has 18 heavy (non-hydrogen) atoms. The molecule has 102 valence electrons. The molecule has 1 heterocycles. The average Bonchev–Trinajstić information content (AvgIpc) is 2.38. The Hall–Kier alpha value is -1.31. The van der Waals surface area contributed by atoms with Crippen molar-refractivity contribution in [3.8, 4) is 5.75 Å². The van der Waals surface area contributed by atoms with Crippen LogP contribution in [0.5, 0.6) is 5.75 Å². The maximum Gasteiger partial charge on any atom is 0.261 e. The number of pyridine rings is 1. The quantitative estimate of drug-likeness (QED) is 0.419. The molecule has 0 amide bonds. The Morgan fingerprint density at radius 2 is 2.28 bits per heavy atom. The first-order valence-electron chi connectivity index (χ1n) is 5.50. The van der Waals surface area contributed by atoms with Gasteiger partial charge in [0, 0.05) is 12.8 Å². The molecule has 1 unspecified atom stereocenters. The summed E-state index contributed by atoms with van der Waals surface area (Å²) in [6, 6.07) is 3.19. The predicted octanol–water partition coefficient (Wildman–Crippen LogP) is 1.27. The van der Waals surface area contributed by atoms with Gasteiger partial charge in [-0.1, -0.05) is 0 Å². The van der Waals surface area contributed by atoms with E-state index >= 15 is 0 Å². The number of rotatable bonds is 8. The lowest BCUT2D eigenvalue weighted by Gasteiger charge is -2.17. The van der Waals surface area contributed by atoms with E-state index in [4.69, 9.17) is 15.3 Å². The second kappa shape index (κ2) is 7.91. The largest absolute Gasteiger partial charge is 0.495 e. The van der Waals surface area contributed by atoms with Gasteiger partial charge in [0.05, 0.1) is 13.2 Å². The molecule has 7 heteroatoms. The fraction of sp³-hybridized carbons (Fsp3) is 0.545. The normalized spacial score (nSPS) is 12.7. The number of methoxy groups -OCH3 is 1. The van der Waals surface area contributed by atoms with Crippen molar-refractivity contribution in [2.24, 2.45) is 5.84 Å². The molecule has 0 bridgehead atoms. The Morgan fingerprint density at radius 3 is 2.89 bits per heavy atom. The van der Waals surface area contributed by atoms with Gasteiger partial charge >= 0.3 is 0 Å². The van der Waals surface area contributed by atoms with Crippen molar-refractivity contribution in [3.63, 3.8) is 0 Å². The highest BCUT2D eigenvalue weighted by molar-refractivity contribution is 5.29. The number of halogens is 2. The van der Waals surface area contributed by atoms with Crippen LogP contribution in [0.1, 0.15) is 18.2 Å². The van der Waals surface area contributed by atoms with Gasteiger partial charge in [0.25, 0.3) is 6.43 Å². The minimum absolute atomic E-state index is 0.166. The van der Waals surface area contributed by atoms with Gasteiger partial charge in [-0.2, -0.15) is 0 Å². The number of nitrogens with two attached hydrogens (primary N) is 1. The lowest BCUT2D eigenvalue weighted by atomic mass is 10.1. The predicted molar refractivity (Wildman–Crippen MR) is 62.3 cm³/mol. The zero-order valence-corrected chi connectivity index (χ0v) is 10.1. The van der Waals surface area contributed by atoms with E-state index in [2.05, 4.69) is 10.4 Å². The van der Waals surface area contributed by atoms with E-state index in [9.17, 15) is 8.78 Å². The first-order valence-corrected chi connectivity index (χ1v) is 5.50. The van der Waals surface area contributed by atoms with Gasteiger partial charge in [-0.15, -0.1) is 0 Å². The van der Waals surface area contributed by atoms with Crippen LogP contribution in [0.2, 0.25) is 0 Å². The minimum atomic E-state index is -2.46. The molecule has 0 aliphatic rings. The number of nitrogens with one attached hydrogen (secondary N) is 1. The third-order valence-corrected chi connectivity index (χ3v) is 2.35. The summed E-state index contributed by atoms with van der Waals surface area (Å²) < 4.78 is 33.7. The third kappa shape index (κ3) is 4.52. The van der Waals surface area contributed by atoms with Crippen LogP contribution in [0.3, 0.4) is 0 Å². The van der Waals surface area contributed by atoms with Gasteiger partial charge in [-0.05, 0) is 18.6 Å². The smallest absolute Gasteiger partial charge is 0.261 e. The number of alkyl halides is 2. The van der Waals surface area contributed by atoms with Gasteiger partial charge in [0.1, 0.15) is 18.1 Å². The van der Waals surface area contributed by atoms with Crippen molar-refractivity contribution in [2.75, 3.05) is 20.3 Å². The van der Waals surface area contributed by atoms with Crippen LogP contribution < -0.4 is 16.0 Å². The van der Waals surface area contributed by atoms with Crippen LogP contribution in [0.15, 0.2) is 18.3 Å². The fourth-order valence-electron chi connectivity index (χ4n) is 1.51. The second-order valence-electron chi connectivity index (χ2n) is 3.56. The minimum Gasteiger partial charge on any atom is -0.495 e. The van der Waals surface area contributed by atoms with Crippen LogP contribution >= 0.6 is 0 Å². The van der Waals surface area contributed by atoms with Gasteiger partial charge in [-0.25, -0.2) is 8.78 Å². The molecule has 0 saturated carbocycles. The molecule has 0 fully saturated rings. The molecule has 0 aliphatic carbocycles. The summed E-state index contributed by atoms with van der Waals surface area (Å²) in [5, 5.41) is 0. The molecule has 0 aromatic carbocycles. The zero-order chi connectivity index (χ0) is 13.4. The molecule has 0 saturated heterocycles. The highest BCUT2D eigenvalue weighted by Crippen LogP contribution is 2.23. The number of hydrogen-bond donors (Lipinski definition) is 2. The monoisotopic (exact) mass is 261 g/mol. The van der Waals surface area contributed by atoms with Crippen LogP contribution in [0.4, 0.5) is 8.78 Å². The third-order valence-electron chi connectivity index (χ3n) is 2.35. The van der Waals surface area contributed by atoms with Gasteiger partial charge < -0.3 is 9.47 Å². The second-order valence-corrected chi connectivity index (χ2v) is 3.56. The molecule has 3 N–H and O–H groups in total. The van der Waals surface area contributed by atoms with Gasteiger partial charge in [-0.3, -0.25) is 16.3 Å². The standard InChI is InChI=1S/C11H17F2N3O2/c1-17-9-3-2-5-15-11(9)8(16-14)4-6-18-7-10(12)13/h2-3,5,8,10,16H,4,6-7,14H2,1H3. The van der Waals surface area contributed by atoms with E-state index in [1.807, 2.05) is 0 Å². The molecular formula is C11H17F2N3O2. The summed E-state index contributed by atoms with van der Waals surface area (Å²) in [6.07, 6.45) is -0.419. The zero-order valence-electron chi connectivity index (χ0n) is 10.1. The van der Waals surface area contributed by atoms with Crippen molar-refractivity contribution in [1.29, 1.82) is 0 Å². The summed E-state index contributed by atoms with van der Waals surface area (Å²) in [4.78, 5) is 4.16. The number of ether oxygens (including phenoxy) is 2. The summed E-state index contributed by atoms with van der Waals surface area (Å²) in [5.41, 5.74) is 3.20. The maximum atomic E-state index is 11.9. The van der Waals surface area contributed by atoms with E-state index in [1.54, 1.807) is 18.3 Å². The molecule has 0 radical (unpaired) electrons. The Bertz CT molecular complexity index is 353. The number of hydrogen-bond acceptors (Lipinski definition) is 5. The van der Waals surface area contributed by atoms with Crippen molar-refractivity contribution in [1.82, 2.24) is 10.4 Å². The van der Waals surface area contributed by atoms with E-state index < -0.39 is 13.0 Å². The lowest BCUT2D eigenvalue weighted by molar-refractivity contribution is 0.0142. The molecule has 1 aromatic rings. The van der Waals surface area contributed by atoms with E-state index in [0.717, 1.165) is 0 Å². The first-order chi connectivity index (χ1) is 8.69. The molecule has 1 aromatic heterocycles. The fourth-order valence-corrected chi connectivity index (χ4v) is 1.51. The number of nitrogens with zero attached hydrogens (tertiary/aromatic N) is 1. The van der Waals surface area contributed by atoms with Crippen molar-refractivity contribution in [3.05, 3.63) is 24.0 Å². The van der Waals surface area contributed by atoms with Gasteiger partial charge in [0.2, 0.25) is 0 Å². The Balaban J connectivity index is 2.54. The SMILES string of the molecule is COc1cccnc1C(CCOCC(F)F)NN. The van der Waals surface area contributed by atoms with E-state index in [-0.39, 0.29) is 12.6 Å². The Kier molecular flexibility index (Phi) is 6.48. The van der Waals surface area contributed by atoms with Crippen LogP contribution in [0.25, 0.3) is 0 Å². The summed E-state index contributed by atoms with van der Waals surface area (Å²) in [7, 11) is 1.53. The number of hydrazine groups is 1. The molecule has 1 rings (SSSR count). The van der Waals surface area contributed by atoms with E-state index in [0.29, 0.717) is 17.9 Å². The molecule has 0 spiro atoms. The summed E-state index contributed by atoms with van der Waals surface area (Å²) in [5.74, 6) is 6.01. The first kappa shape index (κ1) is 14.7. The van der Waals surface area contributed by atoms with Crippen molar-refractivity contribution >= 4 is 0 Å². The van der Waals surface area contributed by atoms with Crippen LogP contribution in [0, 0.1) is 0 Å².